The van der Waals surface area contributed by atoms with Crippen molar-refractivity contribution < 1.29 is 9.90 Å². The van der Waals surface area contributed by atoms with E-state index >= 15 is 0 Å². The molecule has 22 heavy (non-hydrogen) atoms. The van der Waals surface area contributed by atoms with Gasteiger partial charge in [0.15, 0.2) is 0 Å². The van der Waals surface area contributed by atoms with E-state index in [0.29, 0.717) is 11.6 Å². The van der Waals surface area contributed by atoms with Gasteiger partial charge in [0.2, 0.25) is 0 Å². The molecule has 4 heteroatoms. The number of nitrogens with one attached hydrogen (secondary N) is 1. The van der Waals surface area contributed by atoms with Crippen LogP contribution in [0.25, 0.3) is 0 Å². The van der Waals surface area contributed by atoms with Gasteiger partial charge in [-0.1, -0.05) is 50.2 Å². The molecule has 0 bridgehead atoms. The van der Waals surface area contributed by atoms with Gasteiger partial charge in [-0.2, -0.15) is 5.10 Å². The van der Waals surface area contributed by atoms with Crippen LogP contribution in [-0.4, -0.2) is 16.7 Å². The van der Waals surface area contributed by atoms with Crippen LogP contribution in [0.5, 0.6) is 5.75 Å². The van der Waals surface area contributed by atoms with Crippen molar-refractivity contribution in [3.05, 3.63) is 65.2 Å². The second-order valence-electron chi connectivity index (χ2n) is 5.43. The first-order valence-corrected chi connectivity index (χ1v) is 7.22. The quantitative estimate of drug-likeness (QED) is 0.668. The molecule has 0 saturated carbocycles. The van der Waals surface area contributed by atoms with Gasteiger partial charge in [0, 0.05) is 0 Å². The Morgan fingerprint density at radius 1 is 1.09 bits per heavy atom. The van der Waals surface area contributed by atoms with Gasteiger partial charge in [0.05, 0.1) is 11.3 Å². The normalized spacial score (nSPS) is 11.5. The van der Waals surface area contributed by atoms with Gasteiger partial charge in [0.25, 0.3) is 5.91 Å². The minimum atomic E-state index is -0.434. The number of para-hydroxylation sites is 1. The summed E-state index contributed by atoms with van der Waals surface area (Å²) in [6.45, 7) is 6.11. The van der Waals surface area contributed by atoms with Crippen molar-refractivity contribution >= 4 is 11.6 Å². The van der Waals surface area contributed by atoms with Crippen molar-refractivity contribution in [3.8, 4) is 5.75 Å². The average Bonchev–Trinajstić information content (AvgIpc) is 2.52. The molecule has 0 aliphatic rings. The molecule has 0 fully saturated rings. The number of carbonyl (C=O) groups is 1. The van der Waals surface area contributed by atoms with Crippen molar-refractivity contribution in [1.29, 1.82) is 0 Å². The van der Waals surface area contributed by atoms with E-state index in [0.717, 1.165) is 5.56 Å². The van der Waals surface area contributed by atoms with Gasteiger partial charge in [-0.05, 0) is 36.1 Å². The highest BCUT2D eigenvalue weighted by Gasteiger charge is 2.09. The lowest BCUT2D eigenvalue weighted by Gasteiger charge is -2.07. The van der Waals surface area contributed by atoms with Crippen LogP contribution < -0.4 is 5.43 Å². The Bertz CT molecular complexity index is 688. The summed E-state index contributed by atoms with van der Waals surface area (Å²) in [6.07, 6.45) is 0. The fourth-order valence-corrected chi connectivity index (χ4v) is 2.03. The number of aromatic hydroxyl groups is 1. The van der Waals surface area contributed by atoms with E-state index in [1.165, 1.54) is 11.6 Å². The number of hydrazone groups is 1. The Morgan fingerprint density at radius 3 is 2.32 bits per heavy atom. The number of amides is 1. The minimum Gasteiger partial charge on any atom is -0.507 e. The highest BCUT2D eigenvalue weighted by atomic mass is 16.3. The van der Waals surface area contributed by atoms with E-state index in [-0.39, 0.29) is 11.3 Å². The molecular weight excluding hydrogens is 276 g/mol. The summed E-state index contributed by atoms with van der Waals surface area (Å²) >= 11 is 0. The lowest BCUT2D eigenvalue weighted by atomic mass is 10.0. The summed E-state index contributed by atoms with van der Waals surface area (Å²) in [5.41, 5.74) is 5.58. The lowest BCUT2D eigenvalue weighted by Crippen LogP contribution is -2.19. The van der Waals surface area contributed by atoms with E-state index in [1.807, 2.05) is 19.1 Å². The zero-order valence-electron chi connectivity index (χ0n) is 13.0. The maximum atomic E-state index is 12.0. The summed E-state index contributed by atoms with van der Waals surface area (Å²) in [4.78, 5) is 12.0. The molecule has 1 amide bonds. The van der Waals surface area contributed by atoms with Crippen molar-refractivity contribution in [2.75, 3.05) is 0 Å². The van der Waals surface area contributed by atoms with Gasteiger partial charge >= 0.3 is 0 Å². The lowest BCUT2D eigenvalue weighted by molar-refractivity contribution is 0.0952. The Hall–Kier alpha value is -2.62. The number of hydrogen-bond acceptors (Lipinski definition) is 3. The molecule has 0 atom stereocenters. The van der Waals surface area contributed by atoms with E-state index in [1.54, 1.807) is 18.2 Å². The maximum absolute atomic E-state index is 12.0. The number of nitrogens with zero attached hydrogens (tertiary/aromatic N) is 1. The van der Waals surface area contributed by atoms with Gasteiger partial charge in [-0.3, -0.25) is 4.79 Å². The highest BCUT2D eigenvalue weighted by Crippen LogP contribution is 2.16. The molecule has 0 aliphatic carbocycles. The fourth-order valence-electron chi connectivity index (χ4n) is 2.03. The third-order valence-corrected chi connectivity index (χ3v) is 3.47. The van der Waals surface area contributed by atoms with Crippen molar-refractivity contribution in [1.82, 2.24) is 5.43 Å². The molecule has 0 radical (unpaired) electrons. The topological polar surface area (TPSA) is 61.7 Å². The Kier molecular flexibility index (Phi) is 4.94. The standard InChI is InChI=1S/C18H20N2O2/c1-12(2)14-8-10-15(11-9-14)13(3)19-20-18(22)16-6-4-5-7-17(16)21/h4-12,21H,1-3H3,(H,20,22). The molecule has 114 valence electrons. The summed E-state index contributed by atoms with van der Waals surface area (Å²) in [6, 6.07) is 14.5. The van der Waals surface area contributed by atoms with Crippen LogP contribution in [0.2, 0.25) is 0 Å². The largest absolute Gasteiger partial charge is 0.507 e. The Labute approximate surface area is 130 Å². The Balaban J connectivity index is 2.09. The molecular formula is C18H20N2O2. The van der Waals surface area contributed by atoms with Gasteiger partial charge in [-0.15, -0.1) is 0 Å². The van der Waals surface area contributed by atoms with Crippen molar-refractivity contribution in [2.24, 2.45) is 5.10 Å². The number of phenols is 1. The van der Waals surface area contributed by atoms with E-state index in [2.05, 4.69) is 36.5 Å². The van der Waals surface area contributed by atoms with Crippen LogP contribution in [0.3, 0.4) is 0 Å². The molecule has 2 aromatic rings. The highest BCUT2D eigenvalue weighted by molar-refractivity contribution is 6.01. The molecule has 4 nitrogen and oxygen atoms in total. The van der Waals surface area contributed by atoms with Crippen molar-refractivity contribution in [3.63, 3.8) is 0 Å². The van der Waals surface area contributed by atoms with E-state index in [4.69, 9.17) is 0 Å². The minimum absolute atomic E-state index is 0.0610. The molecule has 0 aliphatic heterocycles. The summed E-state index contributed by atoms with van der Waals surface area (Å²) in [5.74, 6) is -0.0163. The Morgan fingerprint density at radius 2 is 1.73 bits per heavy atom. The molecule has 2 rings (SSSR count). The summed E-state index contributed by atoms with van der Waals surface area (Å²) < 4.78 is 0. The zero-order valence-corrected chi connectivity index (χ0v) is 13.0. The molecule has 0 spiro atoms. The number of phenolic OH excluding ortho intramolecular Hbond substituents is 1. The van der Waals surface area contributed by atoms with Gasteiger partial charge < -0.3 is 5.11 Å². The van der Waals surface area contributed by atoms with Crippen LogP contribution in [0.1, 0.15) is 48.2 Å². The third kappa shape index (κ3) is 3.73. The average molecular weight is 296 g/mol. The molecule has 2 aromatic carbocycles. The van der Waals surface area contributed by atoms with Crippen LogP contribution in [-0.2, 0) is 0 Å². The summed E-state index contributed by atoms with van der Waals surface area (Å²) in [5, 5.41) is 13.7. The molecule has 0 unspecified atom stereocenters. The zero-order chi connectivity index (χ0) is 16.1. The monoisotopic (exact) mass is 296 g/mol. The first-order valence-electron chi connectivity index (χ1n) is 7.22. The molecule has 0 aromatic heterocycles. The third-order valence-electron chi connectivity index (χ3n) is 3.47. The second-order valence-corrected chi connectivity index (χ2v) is 5.43. The van der Waals surface area contributed by atoms with Gasteiger partial charge in [-0.25, -0.2) is 5.43 Å². The van der Waals surface area contributed by atoms with Crippen LogP contribution >= 0.6 is 0 Å². The van der Waals surface area contributed by atoms with E-state index < -0.39 is 5.91 Å². The predicted octanol–water partition coefficient (Wildman–Crippen LogP) is 3.67. The second kappa shape index (κ2) is 6.89. The number of benzene rings is 2. The predicted molar refractivity (Wildman–Crippen MR) is 88.3 cm³/mol. The van der Waals surface area contributed by atoms with Crippen molar-refractivity contribution in [2.45, 2.75) is 26.7 Å². The fraction of sp³-hybridized carbons (Fsp3) is 0.222. The molecule has 2 N–H and O–H groups in total. The number of rotatable bonds is 4. The van der Waals surface area contributed by atoms with Crippen LogP contribution in [0.15, 0.2) is 53.6 Å². The first-order chi connectivity index (χ1) is 10.5. The van der Waals surface area contributed by atoms with Gasteiger partial charge in [0.1, 0.15) is 5.75 Å². The summed E-state index contributed by atoms with van der Waals surface area (Å²) in [7, 11) is 0. The number of hydrogen-bond donors (Lipinski definition) is 2. The smallest absolute Gasteiger partial charge is 0.275 e. The maximum Gasteiger partial charge on any atom is 0.275 e. The van der Waals surface area contributed by atoms with Crippen LogP contribution in [0, 0.1) is 0 Å². The molecule has 0 heterocycles. The van der Waals surface area contributed by atoms with E-state index in [9.17, 15) is 9.90 Å². The van der Waals surface area contributed by atoms with Crippen LogP contribution in [0.4, 0.5) is 0 Å². The first kappa shape index (κ1) is 15.8. The SMILES string of the molecule is CC(=NNC(=O)c1ccccc1O)c1ccc(C(C)C)cc1. The molecule has 0 saturated heterocycles. The number of carbonyl (C=O) groups excluding carboxylic acids is 1.